The summed E-state index contributed by atoms with van der Waals surface area (Å²) in [4.78, 5) is 28.5. The van der Waals surface area contributed by atoms with E-state index in [0.29, 0.717) is 45.0 Å². The van der Waals surface area contributed by atoms with E-state index in [-0.39, 0.29) is 45.8 Å². The van der Waals surface area contributed by atoms with Crippen LogP contribution in [0.15, 0.2) is 42.7 Å². The number of anilines is 2. The van der Waals surface area contributed by atoms with Gasteiger partial charge in [0.05, 0.1) is 26.1 Å². The summed E-state index contributed by atoms with van der Waals surface area (Å²) in [6.45, 7) is 8.36. The molecule has 5 rings (SSSR count). The number of methoxy groups -OCH3 is 1. The van der Waals surface area contributed by atoms with Crippen molar-refractivity contribution in [3.8, 4) is 22.8 Å². The maximum Gasteiger partial charge on any atom is 0.435 e. The Hall–Kier alpha value is -4.61. The van der Waals surface area contributed by atoms with E-state index in [9.17, 15) is 26.4 Å². The van der Waals surface area contributed by atoms with Crippen LogP contribution in [0.2, 0.25) is 0 Å². The molecule has 2 N–H and O–H groups in total. The first-order valence-electron chi connectivity index (χ1n) is 15.0. The normalized spacial score (nSPS) is 14.1. The van der Waals surface area contributed by atoms with Crippen molar-refractivity contribution >= 4 is 27.6 Å². The first-order chi connectivity index (χ1) is 22.7. The van der Waals surface area contributed by atoms with Gasteiger partial charge in [-0.1, -0.05) is 6.07 Å². The minimum atomic E-state index is -4.72. The van der Waals surface area contributed by atoms with Crippen LogP contribution in [0, 0.1) is 20.8 Å². The zero-order valence-electron chi connectivity index (χ0n) is 26.8. The number of carbonyl (C=O) groups is 1. The van der Waals surface area contributed by atoms with Gasteiger partial charge in [0.15, 0.2) is 11.5 Å². The van der Waals surface area contributed by atoms with Crippen molar-refractivity contribution in [1.82, 2.24) is 34.4 Å². The molecule has 13 nitrogen and oxygen atoms in total. The highest BCUT2D eigenvalue weighted by molar-refractivity contribution is 7.90. The number of amides is 1. The second-order valence-electron chi connectivity index (χ2n) is 11.4. The number of hydrogen-bond donors (Lipinski definition) is 2. The van der Waals surface area contributed by atoms with E-state index in [1.54, 1.807) is 0 Å². The zero-order chi connectivity index (χ0) is 34.6. The topological polar surface area (TPSA) is 153 Å². The number of sulfonamides is 1. The Labute approximate surface area is 275 Å². The van der Waals surface area contributed by atoms with Gasteiger partial charge < -0.3 is 14.8 Å². The smallest absolute Gasteiger partial charge is 0.435 e. The molecule has 0 saturated carbocycles. The molecule has 0 bridgehead atoms. The average molecular weight is 689 g/mol. The van der Waals surface area contributed by atoms with E-state index in [1.165, 1.54) is 32.5 Å². The third kappa shape index (κ3) is 8.45. The predicted molar refractivity (Wildman–Crippen MR) is 171 cm³/mol. The van der Waals surface area contributed by atoms with Gasteiger partial charge in [0.2, 0.25) is 21.9 Å². The molecule has 0 aliphatic carbocycles. The number of aromatic nitrogens is 5. The van der Waals surface area contributed by atoms with Crippen LogP contribution < -0.4 is 14.8 Å². The molecule has 0 unspecified atom stereocenters. The molecule has 4 heterocycles. The number of benzene rings is 1. The van der Waals surface area contributed by atoms with Crippen LogP contribution in [-0.4, -0.2) is 89.7 Å². The molecule has 1 aliphatic rings. The van der Waals surface area contributed by atoms with Gasteiger partial charge in [-0.25, -0.2) is 27.8 Å². The van der Waals surface area contributed by atoms with Crippen LogP contribution in [0.5, 0.6) is 5.88 Å². The Morgan fingerprint density at radius 2 is 1.73 bits per heavy atom. The summed E-state index contributed by atoms with van der Waals surface area (Å²) in [6.07, 6.45) is -1.75. The van der Waals surface area contributed by atoms with Gasteiger partial charge in [-0.05, 0) is 69.1 Å². The Morgan fingerprint density at radius 3 is 2.38 bits per heavy atom. The van der Waals surface area contributed by atoms with Crippen LogP contribution in [-0.2, 0) is 20.9 Å². The van der Waals surface area contributed by atoms with Gasteiger partial charge in [-0.2, -0.15) is 23.3 Å². The zero-order valence-corrected chi connectivity index (χ0v) is 27.6. The van der Waals surface area contributed by atoms with Crippen molar-refractivity contribution in [3.63, 3.8) is 0 Å². The molecule has 1 fully saturated rings. The number of carbonyl (C=O) groups excluding carboxylic acids is 1. The van der Waals surface area contributed by atoms with Crippen LogP contribution >= 0.6 is 0 Å². The first-order valence-corrected chi connectivity index (χ1v) is 16.6. The van der Waals surface area contributed by atoms with Crippen molar-refractivity contribution in [3.05, 3.63) is 70.8 Å². The summed E-state index contributed by atoms with van der Waals surface area (Å²) in [7, 11) is -2.77. The number of halogens is 3. The molecule has 0 atom stereocenters. The summed E-state index contributed by atoms with van der Waals surface area (Å²) in [5.41, 5.74) is 1.75. The molecule has 1 aliphatic heterocycles. The van der Waals surface area contributed by atoms with E-state index in [2.05, 4.69) is 35.0 Å². The standard InChI is InChI=1S/C31H35F3N8O5S/c1-19-12-20(2)14-23(13-19)37-30-36-18-25(27(38-30)42-21(3)15-26(39-42)31(32,33)34)22-16-24(29(46-4)35-17-22)28(43)40-48(44,45)11-5-6-41-7-9-47-10-8-41/h12-18H,5-11H2,1-4H3,(H,40,43)(H,36,37,38). The van der Waals surface area contributed by atoms with Crippen molar-refractivity contribution in [1.29, 1.82) is 0 Å². The van der Waals surface area contributed by atoms with Gasteiger partial charge in [-0.3, -0.25) is 9.69 Å². The number of nitrogens with zero attached hydrogens (tertiary/aromatic N) is 6. The van der Waals surface area contributed by atoms with Gasteiger partial charge >= 0.3 is 6.18 Å². The maximum absolute atomic E-state index is 13.6. The monoisotopic (exact) mass is 688 g/mol. The van der Waals surface area contributed by atoms with Crippen LogP contribution in [0.4, 0.5) is 24.8 Å². The number of nitrogens with one attached hydrogen (secondary N) is 2. The Balaban J connectivity index is 1.49. The van der Waals surface area contributed by atoms with Crippen molar-refractivity contribution < 1.29 is 35.9 Å². The van der Waals surface area contributed by atoms with E-state index in [4.69, 9.17) is 9.47 Å². The summed E-state index contributed by atoms with van der Waals surface area (Å²) in [5, 5.41) is 6.86. The molecule has 4 aromatic rings. The van der Waals surface area contributed by atoms with E-state index >= 15 is 0 Å². The first kappa shape index (κ1) is 34.7. The number of alkyl halides is 3. The van der Waals surface area contributed by atoms with E-state index in [0.717, 1.165) is 21.9 Å². The highest BCUT2D eigenvalue weighted by Crippen LogP contribution is 2.33. The fraction of sp³-hybridized carbons (Fsp3) is 0.387. The third-order valence-corrected chi connectivity index (χ3v) is 8.79. The van der Waals surface area contributed by atoms with Crippen LogP contribution in [0.25, 0.3) is 16.9 Å². The number of hydrogen-bond acceptors (Lipinski definition) is 11. The Bertz CT molecular complexity index is 1890. The lowest BCUT2D eigenvalue weighted by Gasteiger charge is -2.26. The summed E-state index contributed by atoms with van der Waals surface area (Å²) in [6, 6.07) is 7.90. The van der Waals surface area contributed by atoms with Gasteiger partial charge in [0.1, 0.15) is 5.56 Å². The summed E-state index contributed by atoms with van der Waals surface area (Å²) in [5.74, 6) is -1.41. The Kier molecular flexibility index (Phi) is 10.3. The SMILES string of the molecule is COc1ncc(-c2cnc(Nc3cc(C)cc(C)c3)nc2-n2nc(C(F)(F)F)cc2C)cc1C(=O)NS(=O)(=O)CCCN1CCOCC1. The predicted octanol–water partition coefficient (Wildman–Crippen LogP) is 4.20. The van der Waals surface area contributed by atoms with Crippen molar-refractivity contribution in [2.75, 3.05) is 51.0 Å². The molecule has 1 amide bonds. The summed E-state index contributed by atoms with van der Waals surface area (Å²) < 4.78 is 80.3. The van der Waals surface area contributed by atoms with Crippen molar-refractivity contribution in [2.45, 2.75) is 33.4 Å². The minimum Gasteiger partial charge on any atom is -0.480 e. The molecule has 1 aromatic carbocycles. The number of aryl methyl sites for hydroxylation is 3. The van der Waals surface area contributed by atoms with Crippen LogP contribution in [0.3, 0.4) is 0 Å². The fourth-order valence-electron chi connectivity index (χ4n) is 5.28. The number of pyridine rings is 1. The van der Waals surface area contributed by atoms with Crippen molar-refractivity contribution in [2.24, 2.45) is 0 Å². The minimum absolute atomic E-state index is 0.0427. The maximum atomic E-state index is 13.6. The molecular formula is C31H35F3N8O5S. The highest BCUT2D eigenvalue weighted by atomic mass is 32.2. The quantitative estimate of drug-likeness (QED) is 0.233. The molecule has 1 saturated heterocycles. The third-order valence-electron chi connectivity index (χ3n) is 7.46. The van der Waals surface area contributed by atoms with Crippen LogP contribution in [0.1, 0.15) is 39.3 Å². The molecule has 3 aromatic heterocycles. The second-order valence-corrected chi connectivity index (χ2v) is 13.2. The molecular weight excluding hydrogens is 653 g/mol. The van der Waals surface area contributed by atoms with Gasteiger partial charge in [-0.15, -0.1) is 0 Å². The Morgan fingerprint density at radius 1 is 1.02 bits per heavy atom. The lowest BCUT2D eigenvalue weighted by atomic mass is 10.1. The molecule has 17 heteroatoms. The van der Waals surface area contributed by atoms with E-state index < -0.39 is 27.8 Å². The number of morpholine rings is 1. The largest absolute Gasteiger partial charge is 0.480 e. The molecule has 0 spiro atoms. The lowest BCUT2D eigenvalue weighted by Crippen LogP contribution is -2.38. The highest BCUT2D eigenvalue weighted by Gasteiger charge is 2.35. The van der Waals surface area contributed by atoms with Gasteiger partial charge in [0.25, 0.3) is 5.91 Å². The summed E-state index contributed by atoms with van der Waals surface area (Å²) >= 11 is 0. The fourth-order valence-corrected chi connectivity index (χ4v) is 6.28. The van der Waals surface area contributed by atoms with Gasteiger partial charge in [0, 0.05) is 48.0 Å². The second kappa shape index (κ2) is 14.2. The lowest BCUT2D eigenvalue weighted by molar-refractivity contribution is -0.141. The number of rotatable bonds is 11. The molecule has 256 valence electrons. The average Bonchev–Trinajstić information content (AvgIpc) is 3.42. The molecule has 48 heavy (non-hydrogen) atoms. The molecule has 0 radical (unpaired) electrons. The van der Waals surface area contributed by atoms with E-state index in [1.807, 2.05) is 32.0 Å². The number of ether oxygens (including phenoxy) is 2.